The van der Waals surface area contributed by atoms with Crippen LogP contribution >= 0.6 is 11.8 Å². The minimum atomic E-state index is -0.575. The molecule has 0 spiro atoms. The number of amides is 3. The van der Waals surface area contributed by atoms with E-state index in [-0.39, 0.29) is 17.1 Å². The lowest BCUT2D eigenvalue weighted by molar-refractivity contribution is -0.152. The number of hydrogen-bond donors (Lipinski definition) is 0. The molecule has 78 valence electrons. The zero-order valence-corrected chi connectivity index (χ0v) is 8.57. The predicted molar refractivity (Wildman–Crippen MR) is 52.9 cm³/mol. The monoisotopic (exact) mass is 224 g/mol. The van der Waals surface area contributed by atoms with Crippen molar-refractivity contribution < 1.29 is 14.4 Å². The standard InChI is InChI=1S/C9H8N2O3S/c12-7-6-4-15-9(14)11(6)8(13)5-2-1-3-10(5)7/h1,3,5-6H,2,4H2. The molecule has 0 bridgehead atoms. The first-order valence-electron chi connectivity index (χ1n) is 4.69. The number of imide groups is 1. The Morgan fingerprint density at radius 3 is 2.80 bits per heavy atom. The molecule has 5 nitrogen and oxygen atoms in total. The van der Waals surface area contributed by atoms with E-state index in [1.54, 1.807) is 12.3 Å². The van der Waals surface area contributed by atoms with Gasteiger partial charge in [-0.05, 0) is 6.42 Å². The molecule has 3 heterocycles. The minimum absolute atomic E-state index is 0.133. The van der Waals surface area contributed by atoms with Gasteiger partial charge in [-0.1, -0.05) is 17.8 Å². The molecular weight excluding hydrogens is 216 g/mol. The third-order valence-corrected chi connectivity index (χ3v) is 3.82. The second-order valence-electron chi connectivity index (χ2n) is 3.68. The zero-order valence-electron chi connectivity index (χ0n) is 7.75. The van der Waals surface area contributed by atoms with Gasteiger partial charge in [0.2, 0.25) is 0 Å². The highest BCUT2D eigenvalue weighted by Gasteiger charge is 2.52. The van der Waals surface area contributed by atoms with E-state index in [4.69, 9.17) is 0 Å². The number of nitrogens with zero attached hydrogens (tertiary/aromatic N) is 2. The Morgan fingerprint density at radius 1 is 1.20 bits per heavy atom. The normalized spacial score (nSPS) is 33.7. The fourth-order valence-electron chi connectivity index (χ4n) is 2.15. The summed E-state index contributed by atoms with van der Waals surface area (Å²) in [5, 5.41) is -0.287. The van der Waals surface area contributed by atoms with Crippen molar-refractivity contribution in [3.8, 4) is 0 Å². The molecule has 2 fully saturated rings. The average molecular weight is 224 g/mol. The molecule has 0 aromatic carbocycles. The van der Waals surface area contributed by atoms with Crippen molar-refractivity contribution in [1.29, 1.82) is 0 Å². The van der Waals surface area contributed by atoms with Crippen LogP contribution in [-0.2, 0) is 9.59 Å². The summed E-state index contributed by atoms with van der Waals surface area (Å²) in [5.74, 6) is 0.0202. The molecule has 2 unspecified atom stereocenters. The maximum Gasteiger partial charge on any atom is 0.289 e. The molecule has 3 rings (SSSR count). The number of rotatable bonds is 0. The van der Waals surface area contributed by atoms with E-state index >= 15 is 0 Å². The van der Waals surface area contributed by atoms with Crippen LogP contribution in [0.4, 0.5) is 4.79 Å². The van der Waals surface area contributed by atoms with E-state index in [1.807, 2.05) is 0 Å². The predicted octanol–water partition coefficient (Wildman–Crippen LogP) is 0.179. The number of carbonyl (C=O) groups is 3. The molecule has 6 heteroatoms. The van der Waals surface area contributed by atoms with Crippen molar-refractivity contribution in [1.82, 2.24) is 9.80 Å². The Balaban J connectivity index is 2.02. The Kier molecular flexibility index (Phi) is 1.70. The summed E-state index contributed by atoms with van der Waals surface area (Å²) in [6.45, 7) is 0. The SMILES string of the molecule is O=C1C2CSC(=O)N2C(=O)C2CC=CN12. The van der Waals surface area contributed by atoms with Gasteiger partial charge in [0, 0.05) is 12.0 Å². The largest absolute Gasteiger partial charge is 0.305 e. The van der Waals surface area contributed by atoms with Crippen LogP contribution in [0.5, 0.6) is 0 Å². The van der Waals surface area contributed by atoms with Crippen LogP contribution in [0.1, 0.15) is 6.42 Å². The summed E-state index contributed by atoms with van der Waals surface area (Å²) >= 11 is 1.04. The van der Waals surface area contributed by atoms with Crippen molar-refractivity contribution >= 4 is 28.8 Å². The molecule has 2 atom stereocenters. The molecule has 0 aromatic heterocycles. The van der Waals surface area contributed by atoms with Crippen LogP contribution in [0.25, 0.3) is 0 Å². The highest BCUT2D eigenvalue weighted by atomic mass is 32.2. The Bertz CT molecular complexity index is 406. The van der Waals surface area contributed by atoms with E-state index in [0.29, 0.717) is 12.2 Å². The second kappa shape index (κ2) is 2.85. The topological polar surface area (TPSA) is 57.7 Å². The molecule has 0 aromatic rings. The smallest absolute Gasteiger partial charge is 0.289 e. The maximum absolute atomic E-state index is 11.9. The van der Waals surface area contributed by atoms with Gasteiger partial charge in [-0.3, -0.25) is 19.3 Å². The summed E-state index contributed by atoms with van der Waals surface area (Å²) < 4.78 is 0. The molecule has 0 radical (unpaired) electrons. The van der Waals surface area contributed by atoms with Gasteiger partial charge in [0.25, 0.3) is 17.1 Å². The number of thioether (sulfide) groups is 1. The lowest BCUT2D eigenvalue weighted by atomic mass is 10.1. The Morgan fingerprint density at radius 2 is 2.00 bits per heavy atom. The van der Waals surface area contributed by atoms with Crippen LogP contribution < -0.4 is 0 Å². The van der Waals surface area contributed by atoms with Crippen LogP contribution in [-0.4, -0.2) is 44.7 Å². The van der Waals surface area contributed by atoms with Crippen LogP contribution in [0.2, 0.25) is 0 Å². The van der Waals surface area contributed by atoms with E-state index in [2.05, 4.69) is 0 Å². The third-order valence-electron chi connectivity index (χ3n) is 2.90. The summed E-state index contributed by atoms with van der Waals surface area (Å²) in [6, 6.07) is -1.05. The van der Waals surface area contributed by atoms with Crippen molar-refractivity contribution in [2.45, 2.75) is 18.5 Å². The number of piperazine rings is 1. The van der Waals surface area contributed by atoms with Crippen molar-refractivity contribution in [2.75, 3.05) is 5.75 Å². The second-order valence-corrected chi connectivity index (χ2v) is 4.65. The molecule has 3 aliphatic heterocycles. The minimum Gasteiger partial charge on any atom is -0.305 e. The van der Waals surface area contributed by atoms with Gasteiger partial charge >= 0.3 is 0 Å². The van der Waals surface area contributed by atoms with Gasteiger partial charge in [-0.2, -0.15) is 0 Å². The molecule has 3 amide bonds. The fraction of sp³-hybridized carbons (Fsp3) is 0.444. The first-order valence-corrected chi connectivity index (χ1v) is 5.67. The fourth-order valence-corrected chi connectivity index (χ4v) is 3.10. The van der Waals surface area contributed by atoms with Crippen molar-refractivity contribution in [3.63, 3.8) is 0 Å². The van der Waals surface area contributed by atoms with Crippen LogP contribution in [0, 0.1) is 0 Å². The summed E-state index contributed by atoms with van der Waals surface area (Å²) in [4.78, 5) is 37.8. The maximum atomic E-state index is 11.9. The molecule has 15 heavy (non-hydrogen) atoms. The van der Waals surface area contributed by atoms with Gasteiger partial charge in [-0.25, -0.2) is 0 Å². The Hall–Kier alpha value is -1.30. The van der Waals surface area contributed by atoms with Crippen molar-refractivity contribution in [2.24, 2.45) is 0 Å². The first-order chi connectivity index (χ1) is 7.20. The number of carbonyl (C=O) groups excluding carboxylic acids is 3. The highest BCUT2D eigenvalue weighted by molar-refractivity contribution is 8.14. The van der Waals surface area contributed by atoms with Crippen LogP contribution in [0.15, 0.2) is 12.3 Å². The van der Waals surface area contributed by atoms with Gasteiger partial charge < -0.3 is 4.90 Å². The van der Waals surface area contributed by atoms with E-state index < -0.39 is 12.1 Å². The van der Waals surface area contributed by atoms with Gasteiger partial charge in [-0.15, -0.1) is 0 Å². The molecule has 0 aliphatic carbocycles. The van der Waals surface area contributed by atoms with Gasteiger partial charge in [0.05, 0.1) is 0 Å². The first kappa shape index (κ1) is 8.96. The summed E-state index contributed by atoms with van der Waals surface area (Å²) in [7, 11) is 0. The molecule has 0 N–H and O–H groups in total. The van der Waals surface area contributed by atoms with Gasteiger partial charge in [0.1, 0.15) is 12.1 Å². The van der Waals surface area contributed by atoms with Crippen molar-refractivity contribution in [3.05, 3.63) is 12.3 Å². The Labute approximate surface area is 90.1 Å². The lowest BCUT2D eigenvalue weighted by Crippen LogP contribution is -2.61. The highest BCUT2D eigenvalue weighted by Crippen LogP contribution is 2.33. The number of fused-ring (bicyclic) bond motifs is 2. The van der Waals surface area contributed by atoms with E-state index in [9.17, 15) is 14.4 Å². The average Bonchev–Trinajstić information content (AvgIpc) is 2.80. The molecule has 3 aliphatic rings. The zero-order chi connectivity index (χ0) is 10.6. The molecule has 2 saturated heterocycles. The molecule has 0 saturated carbocycles. The van der Waals surface area contributed by atoms with Crippen LogP contribution in [0.3, 0.4) is 0 Å². The van der Waals surface area contributed by atoms with Gasteiger partial charge in [0.15, 0.2) is 0 Å². The molecular formula is C9H8N2O3S. The number of hydrogen-bond acceptors (Lipinski definition) is 4. The lowest BCUT2D eigenvalue weighted by Gasteiger charge is -2.36. The summed E-state index contributed by atoms with van der Waals surface area (Å²) in [6.07, 6.45) is 3.96. The quantitative estimate of drug-likeness (QED) is 0.589. The van der Waals surface area contributed by atoms with E-state index in [0.717, 1.165) is 16.7 Å². The summed E-state index contributed by atoms with van der Waals surface area (Å²) in [5.41, 5.74) is 0. The van der Waals surface area contributed by atoms with E-state index in [1.165, 1.54) is 4.90 Å². The third kappa shape index (κ3) is 1.02.